The van der Waals surface area contributed by atoms with Crippen LogP contribution in [0.15, 0.2) is 27.6 Å². The molecule has 2 amide bonds. The lowest BCUT2D eigenvalue weighted by Gasteiger charge is -2.61. The Morgan fingerprint density at radius 2 is 1.90 bits per heavy atom. The van der Waals surface area contributed by atoms with Crippen molar-refractivity contribution in [2.24, 2.45) is 28.6 Å². The number of carbonyl (C=O) groups excluding carboxylic acids is 1. The van der Waals surface area contributed by atoms with Gasteiger partial charge in [-0.2, -0.15) is 0 Å². The van der Waals surface area contributed by atoms with E-state index in [0.29, 0.717) is 41.2 Å². The minimum absolute atomic E-state index is 0.00638. The number of nitrogens with one attached hydrogen (secondary N) is 1. The summed E-state index contributed by atoms with van der Waals surface area (Å²) >= 11 is 0. The average molecular weight is 538 g/mol. The van der Waals surface area contributed by atoms with Crippen LogP contribution in [0.25, 0.3) is 0 Å². The van der Waals surface area contributed by atoms with Gasteiger partial charge in [-0.15, -0.1) is 0 Å². The standard InChI is InChI=1S/C32H47N3O4/c1-30-12-10-23(34(3)29(37)33-14-17-35-15-4-5-16-35)18-22(30)7-8-25-24(30)11-13-31(2)26(19-27-32(25,31)39-27)21-6-9-28(36)38-20-21/h6,9,20,22-27H,4-5,7-8,10-19H2,1-3H3,(H,33,37)/t22-,23+,24+,25-,26-,27-,30+,31-,32-/m1/s1. The minimum Gasteiger partial charge on any atom is -0.431 e. The zero-order valence-corrected chi connectivity index (χ0v) is 24.1. The van der Waals surface area contributed by atoms with Crippen molar-refractivity contribution in [3.63, 3.8) is 0 Å². The summed E-state index contributed by atoms with van der Waals surface area (Å²) < 4.78 is 12.0. The van der Waals surface area contributed by atoms with Crippen molar-refractivity contribution in [2.45, 2.75) is 102 Å². The first-order valence-electron chi connectivity index (χ1n) is 15.8. The number of carbonyl (C=O) groups is 1. The van der Waals surface area contributed by atoms with E-state index in [9.17, 15) is 9.59 Å². The van der Waals surface area contributed by atoms with E-state index in [2.05, 4.69) is 24.1 Å². The van der Waals surface area contributed by atoms with E-state index in [1.165, 1.54) is 63.6 Å². The van der Waals surface area contributed by atoms with Crippen LogP contribution in [0.5, 0.6) is 0 Å². The molecule has 0 bridgehead atoms. The Morgan fingerprint density at radius 3 is 2.67 bits per heavy atom. The van der Waals surface area contributed by atoms with Crippen LogP contribution < -0.4 is 10.9 Å². The molecule has 7 rings (SSSR count). The molecule has 9 atom stereocenters. The predicted molar refractivity (Wildman–Crippen MR) is 150 cm³/mol. The molecule has 214 valence electrons. The molecule has 1 aromatic rings. The number of epoxide rings is 1. The monoisotopic (exact) mass is 537 g/mol. The molecular weight excluding hydrogens is 490 g/mol. The maximum absolute atomic E-state index is 13.0. The molecule has 3 heterocycles. The lowest BCUT2D eigenvalue weighted by atomic mass is 9.44. The minimum atomic E-state index is -0.270. The summed E-state index contributed by atoms with van der Waals surface area (Å²) in [7, 11) is 2.02. The van der Waals surface area contributed by atoms with Crippen molar-refractivity contribution in [3.05, 3.63) is 34.4 Å². The van der Waals surface area contributed by atoms with Crippen LogP contribution >= 0.6 is 0 Å². The van der Waals surface area contributed by atoms with Crippen molar-refractivity contribution in [2.75, 3.05) is 33.2 Å². The molecular formula is C32H47N3O4. The maximum atomic E-state index is 13.0. The Bertz CT molecular complexity index is 1140. The molecule has 7 nitrogen and oxygen atoms in total. The molecule has 2 aliphatic heterocycles. The number of hydrogen-bond donors (Lipinski definition) is 1. The number of amides is 2. The lowest BCUT2D eigenvalue weighted by Crippen LogP contribution is -2.59. The zero-order valence-electron chi connectivity index (χ0n) is 24.1. The second kappa shape index (κ2) is 9.34. The van der Waals surface area contributed by atoms with E-state index < -0.39 is 0 Å². The van der Waals surface area contributed by atoms with E-state index in [1.807, 2.05) is 18.0 Å². The van der Waals surface area contributed by atoms with Crippen molar-refractivity contribution in [1.29, 1.82) is 0 Å². The summed E-state index contributed by atoms with van der Waals surface area (Å²) in [6.45, 7) is 9.11. The highest BCUT2D eigenvalue weighted by molar-refractivity contribution is 5.74. The fourth-order valence-corrected chi connectivity index (χ4v) is 10.7. The van der Waals surface area contributed by atoms with Gasteiger partial charge in [0.25, 0.3) is 0 Å². The van der Waals surface area contributed by atoms with Gasteiger partial charge in [0.1, 0.15) is 5.60 Å². The average Bonchev–Trinajstić information content (AvgIpc) is 3.28. The molecule has 1 N–H and O–H groups in total. The van der Waals surface area contributed by atoms with Gasteiger partial charge in [-0.3, -0.25) is 0 Å². The Balaban J connectivity index is 1.02. The van der Waals surface area contributed by atoms with Gasteiger partial charge in [-0.1, -0.05) is 13.8 Å². The smallest absolute Gasteiger partial charge is 0.335 e. The van der Waals surface area contributed by atoms with E-state index in [0.717, 1.165) is 32.4 Å². The third-order valence-corrected chi connectivity index (χ3v) is 13.0. The molecule has 4 aliphatic carbocycles. The Kier molecular flexibility index (Phi) is 6.24. The first-order valence-corrected chi connectivity index (χ1v) is 15.8. The van der Waals surface area contributed by atoms with Gasteiger partial charge in [-0.05, 0) is 118 Å². The molecule has 1 aromatic heterocycles. The van der Waals surface area contributed by atoms with Gasteiger partial charge in [0.05, 0.1) is 12.4 Å². The van der Waals surface area contributed by atoms with Gasteiger partial charge < -0.3 is 24.3 Å². The highest BCUT2D eigenvalue weighted by atomic mass is 16.6. The maximum Gasteiger partial charge on any atom is 0.335 e. The van der Waals surface area contributed by atoms with Crippen molar-refractivity contribution in [1.82, 2.24) is 15.1 Å². The van der Waals surface area contributed by atoms with E-state index in [-0.39, 0.29) is 22.7 Å². The number of nitrogens with zero attached hydrogens (tertiary/aromatic N) is 2. The molecule has 4 saturated carbocycles. The summed E-state index contributed by atoms with van der Waals surface area (Å²) in [5.74, 6) is 2.39. The number of rotatable bonds is 5. The normalized spacial score (nSPS) is 44.6. The van der Waals surface area contributed by atoms with Crippen LogP contribution in [0.4, 0.5) is 4.79 Å². The number of fused-ring (bicyclic) bond motifs is 3. The molecule has 7 heteroatoms. The van der Waals surface area contributed by atoms with Gasteiger partial charge >= 0.3 is 11.7 Å². The summed E-state index contributed by atoms with van der Waals surface area (Å²) in [6.07, 6.45) is 14.1. The van der Waals surface area contributed by atoms with Crippen LogP contribution in [0.1, 0.15) is 89.5 Å². The molecule has 39 heavy (non-hydrogen) atoms. The Hall–Kier alpha value is -1.86. The highest BCUT2D eigenvalue weighted by Gasteiger charge is 2.80. The first-order chi connectivity index (χ1) is 18.8. The van der Waals surface area contributed by atoms with Gasteiger partial charge in [-0.25, -0.2) is 9.59 Å². The van der Waals surface area contributed by atoms with Gasteiger partial charge in [0.2, 0.25) is 0 Å². The molecule has 6 aliphatic rings. The number of urea groups is 1. The Morgan fingerprint density at radius 1 is 1.08 bits per heavy atom. The number of ether oxygens (including phenoxy) is 1. The summed E-state index contributed by atoms with van der Waals surface area (Å²) in [4.78, 5) is 29.1. The summed E-state index contributed by atoms with van der Waals surface area (Å²) in [5, 5.41) is 3.20. The van der Waals surface area contributed by atoms with Crippen LogP contribution in [0.2, 0.25) is 0 Å². The van der Waals surface area contributed by atoms with E-state index in [4.69, 9.17) is 9.15 Å². The second-order valence-electron chi connectivity index (χ2n) is 14.3. The Labute approximate surface area is 233 Å². The molecule has 0 aromatic carbocycles. The molecule has 2 saturated heterocycles. The third kappa shape index (κ3) is 3.88. The van der Waals surface area contributed by atoms with Crippen LogP contribution in [-0.4, -0.2) is 66.8 Å². The van der Waals surface area contributed by atoms with Gasteiger partial charge in [0, 0.05) is 37.7 Å². The fourth-order valence-electron chi connectivity index (χ4n) is 10.7. The fraction of sp³-hybridized carbons (Fsp3) is 0.812. The predicted octanol–water partition coefficient (Wildman–Crippen LogP) is 5.00. The SMILES string of the molecule is CN(C(=O)NCCN1CCCC1)[C@H]1CC[C@@]2(C)[C@H](CC[C@@H]3[C@@H]2CC[C@]2(C)[C@@H](c4ccc(=O)oc4)C[C@H]4O[C@]342)C1. The molecule has 1 spiro atoms. The van der Waals surface area contributed by atoms with Crippen LogP contribution in [0.3, 0.4) is 0 Å². The van der Waals surface area contributed by atoms with Gasteiger partial charge in [0.15, 0.2) is 0 Å². The second-order valence-corrected chi connectivity index (χ2v) is 14.3. The number of likely N-dealkylation sites (tertiary alicyclic amines) is 1. The van der Waals surface area contributed by atoms with E-state index in [1.54, 1.807) is 12.3 Å². The molecule has 0 unspecified atom stereocenters. The topological polar surface area (TPSA) is 78.3 Å². The van der Waals surface area contributed by atoms with E-state index >= 15 is 0 Å². The highest BCUT2D eigenvalue weighted by Crippen LogP contribution is 2.78. The van der Waals surface area contributed by atoms with Crippen LogP contribution in [0, 0.1) is 28.6 Å². The lowest BCUT2D eigenvalue weighted by molar-refractivity contribution is -0.132. The summed E-state index contributed by atoms with van der Waals surface area (Å²) in [5.41, 5.74) is 1.33. The first kappa shape index (κ1) is 26.1. The van der Waals surface area contributed by atoms with Crippen LogP contribution in [-0.2, 0) is 4.74 Å². The third-order valence-electron chi connectivity index (χ3n) is 13.0. The molecule has 6 fully saturated rings. The van der Waals surface area contributed by atoms with Crippen molar-refractivity contribution < 1.29 is 13.9 Å². The van der Waals surface area contributed by atoms with Crippen molar-refractivity contribution in [3.8, 4) is 0 Å². The molecule has 0 radical (unpaired) electrons. The largest absolute Gasteiger partial charge is 0.431 e. The zero-order chi connectivity index (χ0) is 27.0. The number of hydrogen-bond acceptors (Lipinski definition) is 5. The summed E-state index contributed by atoms with van der Waals surface area (Å²) in [6, 6.07) is 4.01. The van der Waals surface area contributed by atoms with Crippen molar-refractivity contribution >= 4 is 6.03 Å². The quantitative estimate of drug-likeness (QED) is 0.535.